The van der Waals surface area contributed by atoms with Gasteiger partial charge < -0.3 is 15.2 Å². The zero-order valence-corrected chi connectivity index (χ0v) is 17.1. The average molecular weight is 449 g/mol. The number of nitrogens with zero attached hydrogens (tertiary/aromatic N) is 3. The number of aryl methyl sites for hydroxylation is 1. The molecule has 0 bridgehead atoms. The summed E-state index contributed by atoms with van der Waals surface area (Å²) < 4.78 is 5.29. The summed E-state index contributed by atoms with van der Waals surface area (Å²) in [6, 6.07) is 1.98. The van der Waals surface area contributed by atoms with E-state index in [2.05, 4.69) is 46.5 Å². The molecule has 0 aliphatic carbocycles. The molecule has 0 aliphatic heterocycles. The smallest absolute Gasteiger partial charge is 0.191 e. The van der Waals surface area contributed by atoms with Gasteiger partial charge in [0, 0.05) is 37.2 Å². The fourth-order valence-electron chi connectivity index (χ4n) is 1.88. The van der Waals surface area contributed by atoms with Crippen LogP contribution < -0.4 is 10.6 Å². The number of thiazole rings is 1. The zero-order chi connectivity index (χ0) is 15.9. The van der Waals surface area contributed by atoms with Gasteiger partial charge in [0.05, 0.1) is 17.2 Å². The van der Waals surface area contributed by atoms with Crippen molar-refractivity contribution >= 4 is 41.3 Å². The van der Waals surface area contributed by atoms with E-state index in [0.717, 1.165) is 35.4 Å². The molecule has 2 aromatic rings. The molecule has 0 amide bonds. The Bertz CT molecular complexity index is 623. The van der Waals surface area contributed by atoms with Gasteiger partial charge in [0.25, 0.3) is 0 Å². The van der Waals surface area contributed by atoms with Crippen LogP contribution in [0.2, 0.25) is 0 Å². The molecule has 2 N–H and O–H groups in total. The van der Waals surface area contributed by atoms with Crippen LogP contribution in [0, 0.1) is 6.92 Å². The van der Waals surface area contributed by atoms with E-state index in [-0.39, 0.29) is 24.0 Å². The molecule has 0 unspecified atom stereocenters. The Morgan fingerprint density at radius 1 is 1.39 bits per heavy atom. The van der Waals surface area contributed by atoms with Crippen LogP contribution in [0.15, 0.2) is 21.8 Å². The minimum absolute atomic E-state index is 0. The molecular formula is C15H24IN5OS. The van der Waals surface area contributed by atoms with Gasteiger partial charge in [-0.25, -0.2) is 4.98 Å². The van der Waals surface area contributed by atoms with E-state index >= 15 is 0 Å². The highest BCUT2D eigenvalue weighted by Crippen LogP contribution is 2.13. The summed E-state index contributed by atoms with van der Waals surface area (Å²) in [7, 11) is 1.75. The van der Waals surface area contributed by atoms with Gasteiger partial charge in [-0.1, -0.05) is 19.0 Å². The molecule has 2 aromatic heterocycles. The van der Waals surface area contributed by atoms with Gasteiger partial charge in [-0.15, -0.1) is 35.3 Å². The normalized spacial score (nSPS) is 11.4. The van der Waals surface area contributed by atoms with E-state index in [9.17, 15) is 0 Å². The van der Waals surface area contributed by atoms with Crippen LogP contribution in [0.25, 0.3) is 0 Å². The topological polar surface area (TPSA) is 75.3 Å². The first kappa shape index (κ1) is 19.9. The van der Waals surface area contributed by atoms with Crippen LogP contribution in [0.4, 0.5) is 0 Å². The minimum atomic E-state index is 0. The van der Waals surface area contributed by atoms with E-state index in [0.29, 0.717) is 12.5 Å². The van der Waals surface area contributed by atoms with Crippen molar-refractivity contribution in [3.63, 3.8) is 0 Å². The van der Waals surface area contributed by atoms with Crippen LogP contribution in [0.3, 0.4) is 0 Å². The van der Waals surface area contributed by atoms with Gasteiger partial charge in [0.15, 0.2) is 11.7 Å². The van der Waals surface area contributed by atoms with Gasteiger partial charge >= 0.3 is 0 Å². The van der Waals surface area contributed by atoms with Crippen molar-refractivity contribution in [2.24, 2.45) is 4.99 Å². The molecule has 2 rings (SSSR count). The molecule has 0 spiro atoms. The fourth-order valence-corrected chi connectivity index (χ4v) is 2.67. The third-order valence-electron chi connectivity index (χ3n) is 3.12. The van der Waals surface area contributed by atoms with E-state index in [1.54, 1.807) is 18.4 Å². The van der Waals surface area contributed by atoms with E-state index in [1.165, 1.54) is 4.88 Å². The van der Waals surface area contributed by atoms with Crippen LogP contribution >= 0.6 is 35.3 Å². The molecule has 0 saturated carbocycles. The molecule has 0 fully saturated rings. The van der Waals surface area contributed by atoms with Crippen LogP contribution in [-0.2, 0) is 13.0 Å². The largest absolute Gasteiger partial charge is 0.359 e. The second-order valence-corrected chi connectivity index (χ2v) is 6.66. The summed E-state index contributed by atoms with van der Waals surface area (Å²) in [6.07, 6.45) is 2.79. The van der Waals surface area contributed by atoms with E-state index in [4.69, 9.17) is 4.52 Å². The number of aliphatic imine (C=N–C) groups is 1. The summed E-state index contributed by atoms with van der Waals surface area (Å²) >= 11 is 1.73. The third kappa shape index (κ3) is 6.46. The first-order valence-electron chi connectivity index (χ1n) is 7.39. The first-order valence-corrected chi connectivity index (χ1v) is 8.21. The number of guanidine groups is 1. The Labute approximate surface area is 158 Å². The standard InChI is InChI=1S/C15H23N5OS.HI/c1-10(2)13-7-12(21-20-13)9-19-15(16-4)17-6-5-14-18-8-11(3)22-14;/h7-8,10H,5-6,9H2,1-4H3,(H2,16,17,19);1H. The lowest BCUT2D eigenvalue weighted by atomic mass is 10.1. The van der Waals surface area contributed by atoms with Crippen molar-refractivity contribution < 1.29 is 4.52 Å². The number of hydrogen-bond donors (Lipinski definition) is 2. The second kappa shape index (κ2) is 9.86. The number of hydrogen-bond acceptors (Lipinski definition) is 5. The predicted octanol–water partition coefficient (Wildman–Crippen LogP) is 3.09. The molecule has 2 heterocycles. The van der Waals surface area contributed by atoms with Crippen molar-refractivity contribution in [1.29, 1.82) is 0 Å². The lowest BCUT2D eigenvalue weighted by Crippen LogP contribution is -2.37. The number of nitrogens with one attached hydrogen (secondary N) is 2. The first-order chi connectivity index (χ1) is 10.6. The van der Waals surface area contributed by atoms with Gasteiger partial charge in [0.2, 0.25) is 0 Å². The van der Waals surface area contributed by atoms with Gasteiger partial charge in [-0.3, -0.25) is 4.99 Å². The van der Waals surface area contributed by atoms with Crippen molar-refractivity contribution in [2.75, 3.05) is 13.6 Å². The molecule has 0 atom stereocenters. The molecule has 0 radical (unpaired) electrons. The Morgan fingerprint density at radius 2 is 2.17 bits per heavy atom. The third-order valence-corrected chi connectivity index (χ3v) is 4.10. The van der Waals surface area contributed by atoms with Crippen LogP contribution in [0.5, 0.6) is 0 Å². The highest BCUT2D eigenvalue weighted by atomic mass is 127. The van der Waals surface area contributed by atoms with Gasteiger partial charge in [-0.05, 0) is 12.8 Å². The molecule has 0 aromatic carbocycles. The molecule has 0 saturated heterocycles. The highest BCUT2D eigenvalue weighted by molar-refractivity contribution is 14.0. The maximum absolute atomic E-state index is 5.29. The Hall–Kier alpha value is -1.16. The molecule has 0 aliphatic rings. The zero-order valence-electron chi connectivity index (χ0n) is 13.9. The van der Waals surface area contributed by atoms with Crippen LogP contribution in [0.1, 0.15) is 41.1 Å². The maximum atomic E-state index is 5.29. The molecule has 8 heteroatoms. The summed E-state index contributed by atoms with van der Waals surface area (Å²) in [5, 5.41) is 11.7. The SMILES string of the molecule is CN=C(NCCc1ncc(C)s1)NCc1cc(C(C)C)no1.I. The summed E-state index contributed by atoms with van der Waals surface area (Å²) in [6.45, 7) is 7.61. The maximum Gasteiger partial charge on any atom is 0.191 e. The van der Waals surface area contributed by atoms with Crippen LogP contribution in [-0.4, -0.2) is 29.7 Å². The van der Waals surface area contributed by atoms with E-state index < -0.39 is 0 Å². The quantitative estimate of drug-likeness (QED) is 0.403. The molecule has 23 heavy (non-hydrogen) atoms. The lowest BCUT2D eigenvalue weighted by molar-refractivity contribution is 0.372. The minimum Gasteiger partial charge on any atom is -0.359 e. The van der Waals surface area contributed by atoms with E-state index in [1.807, 2.05) is 12.3 Å². The van der Waals surface area contributed by atoms with Crippen molar-refractivity contribution in [1.82, 2.24) is 20.8 Å². The molecule has 6 nitrogen and oxygen atoms in total. The number of aromatic nitrogens is 2. The molecular weight excluding hydrogens is 425 g/mol. The molecule has 128 valence electrons. The lowest BCUT2D eigenvalue weighted by Gasteiger charge is -2.09. The monoisotopic (exact) mass is 449 g/mol. The van der Waals surface area contributed by atoms with Crippen molar-refractivity contribution in [3.05, 3.63) is 33.6 Å². The second-order valence-electron chi connectivity index (χ2n) is 5.34. The Balaban J connectivity index is 0.00000264. The van der Waals surface area contributed by atoms with Gasteiger partial charge in [0.1, 0.15) is 0 Å². The Morgan fingerprint density at radius 3 is 2.74 bits per heavy atom. The number of rotatable bonds is 6. The number of halogens is 1. The summed E-state index contributed by atoms with van der Waals surface area (Å²) in [4.78, 5) is 9.78. The van der Waals surface area contributed by atoms with Crippen molar-refractivity contribution in [3.8, 4) is 0 Å². The van der Waals surface area contributed by atoms with Crippen molar-refractivity contribution in [2.45, 2.75) is 39.7 Å². The predicted molar refractivity (Wildman–Crippen MR) is 105 cm³/mol. The highest BCUT2D eigenvalue weighted by Gasteiger charge is 2.08. The Kier molecular flexibility index (Phi) is 8.53. The summed E-state index contributed by atoms with van der Waals surface area (Å²) in [5.74, 6) is 1.93. The summed E-state index contributed by atoms with van der Waals surface area (Å²) in [5.41, 5.74) is 0.971. The fraction of sp³-hybridized carbons (Fsp3) is 0.533. The average Bonchev–Trinajstić information content (AvgIpc) is 3.11. The van der Waals surface area contributed by atoms with Gasteiger partial charge in [-0.2, -0.15) is 0 Å².